The summed E-state index contributed by atoms with van der Waals surface area (Å²) >= 11 is 0. The van der Waals surface area contributed by atoms with Crippen LogP contribution >= 0.6 is 0 Å². The topological polar surface area (TPSA) is 59.2 Å². The van der Waals surface area contributed by atoms with E-state index < -0.39 is 6.03 Å². The summed E-state index contributed by atoms with van der Waals surface area (Å²) in [5, 5.41) is 0. The van der Waals surface area contributed by atoms with Gasteiger partial charge in [0.2, 0.25) is 0 Å². The van der Waals surface area contributed by atoms with Crippen LogP contribution in [-0.2, 0) is 6.42 Å². The lowest BCUT2D eigenvalue weighted by molar-refractivity contribution is 0.254. The molecule has 0 saturated carbocycles. The molecule has 0 spiro atoms. The minimum atomic E-state index is -0.401. The lowest BCUT2D eigenvalue weighted by Crippen LogP contribution is -2.33. The average molecular weight is 163 g/mol. The molecule has 0 aliphatic carbocycles. The number of hydrogen-bond donors (Lipinski definition) is 1. The van der Waals surface area contributed by atoms with Crippen molar-refractivity contribution in [1.29, 1.82) is 0 Å². The summed E-state index contributed by atoms with van der Waals surface area (Å²) in [4.78, 5) is 16.4. The summed E-state index contributed by atoms with van der Waals surface area (Å²) in [6, 6.07) is 1.51. The van der Waals surface area contributed by atoms with Crippen LogP contribution in [0.4, 0.5) is 10.5 Å². The molecule has 2 amide bonds. The van der Waals surface area contributed by atoms with Gasteiger partial charge in [-0.05, 0) is 18.1 Å². The summed E-state index contributed by atoms with van der Waals surface area (Å²) < 4.78 is 0. The Balaban J connectivity index is 2.42. The number of aromatic nitrogens is 1. The van der Waals surface area contributed by atoms with Crippen LogP contribution < -0.4 is 10.6 Å². The quantitative estimate of drug-likeness (QED) is 0.606. The van der Waals surface area contributed by atoms with Crippen molar-refractivity contribution in [1.82, 2.24) is 4.98 Å². The molecule has 2 heterocycles. The number of hydrogen-bond acceptors (Lipinski definition) is 2. The minimum absolute atomic E-state index is 0.401. The van der Waals surface area contributed by atoms with Crippen molar-refractivity contribution in [3.05, 3.63) is 24.0 Å². The van der Waals surface area contributed by atoms with Gasteiger partial charge in [-0.1, -0.05) is 0 Å². The van der Waals surface area contributed by atoms with Crippen LogP contribution in [0.15, 0.2) is 18.5 Å². The van der Waals surface area contributed by atoms with Crippen molar-refractivity contribution >= 4 is 11.7 Å². The second-order valence-corrected chi connectivity index (χ2v) is 2.74. The number of nitrogens with two attached hydrogens (primary N) is 1. The Morgan fingerprint density at radius 3 is 3.25 bits per heavy atom. The first-order valence-electron chi connectivity index (χ1n) is 3.79. The van der Waals surface area contributed by atoms with Gasteiger partial charge in [-0.3, -0.25) is 9.88 Å². The average Bonchev–Trinajstić information content (AvgIpc) is 2.47. The second-order valence-electron chi connectivity index (χ2n) is 2.74. The van der Waals surface area contributed by atoms with Gasteiger partial charge in [0.1, 0.15) is 0 Å². The van der Waals surface area contributed by atoms with E-state index in [0.717, 1.165) is 17.7 Å². The normalized spacial score (nSPS) is 14.5. The molecule has 0 atom stereocenters. The Labute approximate surface area is 70.0 Å². The zero-order valence-corrected chi connectivity index (χ0v) is 6.53. The molecule has 1 aliphatic heterocycles. The maximum Gasteiger partial charge on any atom is 0.319 e. The molecule has 0 radical (unpaired) electrons. The number of carbonyl (C=O) groups is 1. The van der Waals surface area contributed by atoms with E-state index in [1.165, 1.54) is 0 Å². The molecule has 12 heavy (non-hydrogen) atoms. The predicted molar refractivity (Wildman–Crippen MR) is 44.9 cm³/mol. The molecule has 0 saturated heterocycles. The number of nitrogens with zero attached hydrogens (tertiary/aromatic N) is 2. The zero-order valence-electron chi connectivity index (χ0n) is 6.53. The van der Waals surface area contributed by atoms with Crippen molar-refractivity contribution < 1.29 is 4.79 Å². The maximum absolute atomic E-state index is 10.9. The molecule has 1 aliphatic rings. The zero-order chi connectivity index (χ0) is 8.55. The van der Waals surface area contributed by atoms with E-state index in [0.29, 0.717) is 6.54 Å². The third-order valence-corrected chi connectivity index (χ3v) is 2.05. The van der Waals surface area contributed by atoms with Crippen molar-refractivity contribution in [2.45, 2.75) is 6.42 Å². The van der Waals surface area contributed by atoms with E-state index in [9.17, 15) is 4.79 Å². The number of amides is 2. The first kappa shape index (κ1) is 7.09. The van der Waals surface area contributed by atoms with E-state index in [-0.39, 0.29) is 0 Å². The largest absolute Gasteiger partial charge is 0.351 e. The highest BCUT2D eigenvalue weighted by Crippen LogP contribution is 2.25. The number of pyridine rings is 1. The van der Waals surface area contributed by atoms with Gasteiger partial charge in [0, 0.05) is 12.7 Å². The number of urea groups is 1. The van der Waals surface area contributed by atoms with E-state index in [2.05, 4.69) is 4.98 Å². The molecule has 0 fully saturated rings. The third-order valence-electron chi connectivity index (χ3n) is 2.05. The smallest absolute Gasteiger partial charge is 0.319 e. The highest BCUT2D eigenvalue weighted by atomic mass is 16.2. The number of fused-ring (bicyclic) bond motifs is 1. The number of primary amides is 1. The van der Waals surface area contributed by atoms with Crippen LogP contribution in [0.5, 0.6) is 0 Å². The Morgan fingerprint density at radius 1 is 1.67 bits per heavy atom. The second kappa shape index (κ2) is 2.48. The first-order valence-corrected chi connectivity index (χ1v) is 3.79. The Bertz CT molecular complexity index is 324. The highest BCUT2D eigenvalue weighted by Gasteiger charge is 2.22. The van der Waals surface area contributed by atoms with E-state index in [1.807, 2.05) is 6.07 Å². The Kier molecular flexibility index (Phi) is 1.46. The summed E-state index contributed by atoms with van der Waals surface area (Å²) in [6.07, 6.45) is 4.28. The van der Waals surface area contributed by atoms with Crippen LogP contribution in [-0.4, -0.2) is 17.6 Å². The fraction of sp³-hybridized carbons (Fsp3) is 0.250. The van der Waals surface area contributed by atoms with Crippen molar-refractivity contribution in [3.63, 3.8) is 0 Å². The highest BCUT2D eigenvalue weighted by molar-refractivity contribution is 5.92. The molecule has 0 aromatic carbocycles. The van der Waals surface area contributed by atoms with Gasteiger partial charge >= 0.3 is 6.03 Å². The van der Waals surface area contributed by atoms with Crippen molar-refractivity contribution in [2.24, 2.45) is 5.73 Å². The first-order chi connectivity index (χ1) is 5.79. The fourth-order valence-corrected chi connectivity index (χ4v) is 1.45. The number of anilines is 1. The fourth-order valence-electron chi connectivity index (χ4n) is 1.45. The summed E-state index contributed by atoms with van der Waals surface area (Å²) in [5.74, 6) is 0. The van der Waals surface area contributed by atoms with Crippen LogP contribution in [0.3, 0.4) is 0 Å². The number of rotatable bonds is 0. The van der Waals surface area contributed by atoms with E-state index in [4.69, 9.17) is 5.73 Å². The molecule has 1 aromatic heterocycles. The molecule has 4 heteroatoms. The van der Waals surface area contributed by atoms with Gasteiger partial charge in [-0.15, -0.1) is 0 Å². The maximum atomic E-state index is 10.9. The van der Waals surface area contributed by atoms with Crippen LogP contribution in [0.1, 0.15) is 5.56 Å². The minimum Gasteiger partial charge on any atom is -0.351 e. The van der Waals surface area contributed by atoms with Gasteiger partial charge in [-0.2, -0.15) is 0 Å². The van der Waals surface area contributed by atoms with Crippen molar-refractivity contribution in [2.75, 3.05) is 11.4 Å². The molecule has 2 rings (SSSR count). The van der Waals surface area contributed by atoms with Crippen LogP contribution in [0.2, 0.25) is 0 Å². The van der Waals surface area contributed by atoms with Gasteiger partial charge in [0.15, 0.2) is 0 Å². The SMILES string of the molecule is NC(=O)N1CCc2ccncc21. The van der Waals surface area contributed by atoms with Gasteiger partial charge in [-0.25, -0.2) is 4.79 Å². The lowest BCUT2D eigenvalue weighted by atomic mass is 10.2. The monoisotopic (exact) mass is 163 g/mol. The molecule has 0 bridgehead atoms. The molecule has 1 aromatic rings. The van der Waals surface area contributed by atoms with E-state index >= 15 is 0 Å². The molecule has 0 unspecified atom stereocenters. The third kappa shape index (κ3) is 0.922. The summed E-state index contributed by atoms with van der Waals surface area (Å²) in [5.41, 5.74) is 7.17. The molecular formula is C8H9N3O. The predicted octanol–water partition coefficient (Wildman–Crippen LogP) is 0.523. The van der Waals surface area contributed by atoms with Gasteiger partial charge in [0.05, 0.1) is 11.9 Å². The van der Waals surface area contributed by atoms with Gasteiger partial charge in [0.25, 0.3) is 0 Å². The van der Waals surface area contributed by atoms with Gasteiger partial charge < -0.3 is 5.73 Å². The van der Waals surface area contributed by atoms with Crippen LogP contribution in [0, 0.1) is 0 Å². The number of carbonyl (C=O) groups excluding carboxylic acids is 1. The Hall–Kier alpha value is -1.58. The molecule has 62 valence electrons. The molecular weight excluding hydrogens is 154 g/mol. The van der Waals surface area contributed by atoms with Crippen molar-refractivity contribution in [3.8, 4) is 0 Å². The summed E-state index contributed by atoms with van der Waals surface area (Å²) in [7, 11) is 0. The summed E-state index contributed by atoms with van der Waals surface area (Å²) in [6.45, 7) is 0.677. The molecule has 2 N–H and O–H groups in total. The van der Waals surface area contributed by atoms with E-state index in [1.54, 1.807) is 17.3 Å². The lowest BCUT2D eigenvalue weighted by Gasteiger charge is -2.12. The molecule has 4 nitrogen and oxygen atoms in total. The standard InChI is InChI=1S/C8H9N3O/c9-8(12)11-4-2-6-1-3-10-5-7(6)11/h1,3,5H,2,4H2,(H2,9,12). The Morgan fingerprint density at radius 2 is 2.50 bits per heavy atom. The van der Waals surface area contributed by atoms with Crippen LogP contribution in [0.25, 0.3) is 0 Å².